The van der Waals surface area contributed by atoms with E-state index in [-0.39, 0.29) is 23.1 Å². The van der Waals surface area contributed by atoms with Crippen molar-refractivity contribution in [2.75, 3.05) is 33.2 Å². The Morgan fingerprint density at radius 1 is 1.36 bits per heavy atom. The lowest BCUT2D eigenvalue weighted by Gasteiger charge is -2.41. The predicted molar refractivity (Wildman–Crippen MR) is 81.5 cm³/mol. The molecule has 0 unspecified atom stereocenters. The third-order valence-corrected chi connectivity index (χ3v) is 5.02. The zero-order valence-electron chi connectivity index (χ0n) is 13.1. The third kappa shape index (κ3) is 2.49. The summed E-state index contributed by atoms with van der Waals surface area (Å²) in [5, 5.41) is 12.8. The van der Waals surface area contributed by atoms with Crippen molar-refractivity contribution in [2.24, 2.45) is 5.92 Å². The Bertz CT molecular complexity index is 570. The Morgan fingerprint density at radius 3 is 2.59 bits per heavy atom. The van der Waals surface area contributed by atoms with Crippen LogP contribution in [-0.2, 0) is 10.2 Å². The fraction of sp³-hybridized carbons (Fsp3) is 0.667. The normalized spacial score (nSPS) is 21.3. The number of carbonyl (C=O) groups excluding carboxylic acids is 2. The molecule has 2 saturated heterocycles. The number of aromatic amines is 1. The van der Waals surface area contributed by atoms with Crippen molar-refractivity contribution in [3.05, 3.63) is 17.5 Å². The Hall–Kier alpha value is -1.89. The summed E-state index contributed by atoms with van der Waals surface area (Å²) in [6.45, 7) is 5.21. The van der Waals surface area contributed by atoms with Gasteiger partial charge >= 0.3 is 0 Å². The molecule has 0 bridgehead atoms. The van der Waals surface area contributed by atoms with E-state index in [1.807, 2.05) is 4.90 Å². The first-order valence-corrected chi connectivity index (χ1v) is 7.80. The van der Waals surface area contributed by atoms with Gasteiger partial charge in [0.25, 0.3) is 5.91 Å². The summed E-state index contributed by atoms with van der Waals surface area (Å²) in [5.41, 5.74) is 1.34. The number of carbonyl (C=O) groups is 2. The van der Waals surface area contributed by atoms with Gasteiger partial charge in [-0.3, -0.25) is 14.7 Å². The van der Waals surface area contributed by atoms with Gasteiger partial charge in [0.2, 0.25) is 5.91 Å². The zero-order chi connectivity index (χ0) is 15.7. The van der Waals surface area contributed by atoms with Crippen molar-refractivity contribution in [1.82, 2.24) is 25.7 Å². The van der Waals surface area contributed by atoms with Crippen molar-refractivity contribution < 1.29 is 9.59 Å². The maximum atomic E-state index is 12.3. The van der Waals surface area contributed by atoms with Crippen molar-refractivity contribution in [2.45, 2.75) is 25.2 Å². The van der Waals surface area contributed by atoms with E-state index >= 15 is 0 Å². The molecule has 2 aliphatic rings. The quantitative estimate of drug-likeness (QED) is 0.725. The van der Waals surface area contributed by atoms with Gasteiger partial charge in [-0.05, 0) is 12.8 Å². The molecule has 0 aromatic carbocycles. The van der Waals surface area contributed by atoms with Gasteiger partial charge < -0.3 is 15.5 Å². The highest BCUT2D eigenvalue weighted by atomic mass is 16.2. The van der Waals surface area contributed by atoms with Crippen LogP contribution in [0.4, 0.5) is 0 Å². The van der Waals surface area contributed by atoms with Crippen LogP contribution in [0, 0.1) is 5.92 Å². The average Bonchev–Trinajstić information content (AvgIpc) is 2.95. The topological polar surface area (TPSA) is 90.1 Å². The van der Waals surface area contributed by atoms with Gasteiger partial charge in [0.1, 0.15) is 0 Å². The molecule has 2 amide bonds. The van der Waals surface area contributed by atoms with Crippen molar-refractivity contribution >= 4 is 11.8 Å². The van der Waals surface area contributed by atoms with E-state index in [9.17, 15) is 9.59 Å². The second-order valence-electron chi connectivity index (χ2n) is 6.48. The van der Waals surface area contributed by atoms with E-state index in [1.165, 1.54) is 0 Å². The molecule has 0 atom stereocenters. The molecule has 1 aromatic heterocycles. The van der Waals surface area contributed by atoms with Crippen LogP contribution >= 0.6 is 0 Å². The summed E-state index contributed by atoms with van der Waals surface area (Å²) in [6.07, 6.45) is 3.26. The van der Waals surface area contributed by atoms with Crippen LogP contribution in [0.25, 0.3) is 0 Å². The first kappa shape index (κ1) is 15.0. The Kier molecular flexibility index (Phi) is 3.90. The largest absolute Gasteiger partial charge is 0.355 e. The van der Waals surface area contributed by atoms with Crippen LogP contribution in [0.5, 0.6) is 0 Å². The van der Waals surface area contributed by atoms with Crippen LogP contribution in [0.15, 0.2) is 6.20 Å². The summed E-state index contributed by atoms with van der Waals surface area (Å²) in [7, 11) is 1.62. The smallest absolute Gasteiger partial charge is 0.254 e. The summed E-state index contributed by atoms with van der Waals surface area (Å²) in [6, 6.07) is 0. The molecule has 3 rings (SSSR count). The Morgan fingerprint density at radius 2 is 2.05 bits per heavy atom. The molecule has 0 saturated carbocycles. The molecule has 3 N–H and O–H groups in total. The van der Waals surface area contributed by atoms with Gasteiger partial charge in [-0.1, -0.05) is 6.92 Å². The molecule has 7 heteroatoms. The number of hydrogen-bond donors (Lipinski definition) is 3. The highest BCUT2D eigenvalue weighted by molar-refractivity contribution is 5.95. The maximum Gasteiger partial charge on any atom is 0.254 e. The lowest BCUT2D eigenvalue weighted by atomic mass is 9.76. The Labute approximate surface area is 129 Å². The van der Waals surface area contributed by atoms with Crippen LogP contribution in [0.3, 0.4) is 0 Å². The highest BCUT2D eigenvalue weighted by Gasteiger charge is 2.39. The molecule has 120 valence electrons. The summed E-state index contributed by atoms with van der Waals surface area (Å²) in [4.78, 5) is 26.2. The molecule has 0 radical (unpaired) electrons. The number of hydrogen-bond acceptors (Lipinski definition) is 4. The molecule has 7 nitrogen and oxygen atoms in total. The van der Waals surface area contributed by atoms with Crippen molar-refractivity contribution in [1.29, 1.82) is 0 Å². The summed E-state index contributed by atoms with van der Waals surface area (Å²) in [5.74, 6) is 0.291. The molecular formula is C15H23N5O2. The maximum absolute atomic E-state index is 12.3. The minimum atomic E-state index is -0.146. The first-order valence-electron chi connectivity index (χ1n) is 7.80. The van der Waals surface area contributed by atoms with Gasteiger partial charge in [-0.25, -0.2) is 0 Å². The molecule has 2 fully saturated rings. The molecule has 2 aliphatic heterocycles. The van der Waals surface area contributed by atoms with E-state index in [2.05, 4.69) is 27.8 Å². The van der Waals surface area contributed by atoms with Crippen molar-refractivity contribution in [3.8, 4) is 0 Å². The fourth-order valence-electron chi connectivity index (χ4n) is 3.25. The minimum absolute atomic E-state index is 0.121. The zero-order valence-corrected chi connectivity index (χ0v) is 13.1. The van der Waals surface area contributed by atoms with Gasteiger partial charge in [-0.15, -0.1) is 0 Å². The number of piperidine rings is 1. The molecule has 0 spiro atoms. The molecule has 3 heterocycles. The Balaban J connectivity index is 1.70. The van der Waals surface area contributed by atoms with Gasteiger partial charge in [0, 0.05) is 38.6 Å². The lowest BCUT2D eigenvalue weighted by molar-refractivity contribution is -0.138. The third-order valence-electron chi connectivity index (χ3n) is 5.02. The highest BCUT2D eigenvalue weighted by Crippen LogP contribution is 2.36. The van der Waals surface area contributed by atoms with Crippen LogP contribution in [0.1, 0.15) is 35.8 Å². The summed E-state index contributed by atoms with van der Waals surface area (Å²) < 4.78 is 0. The van der Waals surface area contributed by atoms with E-state index in [0.717, 1.165) is 44.7 Å². The van der Waals surface area contributed by atoms with Crippen LogP contribution < -0.4 is 10.6 Å². The van der Waals surface area contributed by atoms with Gasteiger partial charge in [0.05, 0.1) is 23.4 Å². The second kappa shape index (κ2) is 5.72. The monoisotopic (exact) mass is 305 g/mol. The number of rotatable bonds is 3. The number of aromatic nitrogens is 2. The standard InChI is InChI=1S/C15H23N5O2/c1-15(12-11(9-18-19-12)13(21)16-2)3-5-20(6-4-15)14(22)10-7-17-8-10/h9-10,17H,3-8H2,1-2H3,(H,16,21)(H,18,19). The average molecular weight is 305 g/mol. The first-order chi connectivity index (χ1) is 10.5. The molecule has 22 heavy (non-hydrogen) atoms. The number of nitrogens with one attached hydrogen (secondary N) is 3. The van der Waals surface area contributed by atoms with E-state index in [0.29, 0.717) is 5.56 Å². The SMILES string of the molecule is CNC(=O)c1cn[nH]c1C1(C)CCN(C(=O)C2CNC2)CC1. The predicted octanol–water partition coefficient (Wildman–Crippen LogP) is -0.131. The molecule has 1 aromatic rings. The van der Waals surface area contributed by atoms with Gasteiger partial charge in [-0.2, -0.15) is 5.10 Å². The summed E-state index contributed by atoms with van der Waals surface area (Å²) >= 11 is 0. The number of likely N-dealkylation sites (tertiary alicyclic amines) is 1. The fourth-order valence-corrected chi connectivity index (χ4v) is 3.25. The minimum Gasteiger partial charge on any atom is -0.355 e. The molecule has 0 aliphatic carbocycles. The van der Waals surface area contributed by atoms with Crippen molar-refractivity contribution in [3.63, 3.8) is 0 Å². The van der Waals surface area contributed by atoms with E-state index in [4.69, 9.17) is 0 Å². The van der Waals surface area contributed by atoms with Gasteiger partial charge in [0.15, 0.2) is 0 Å². The molecular weight excluding hydrogens is 282 g/mol. The lowest BCUT2D eigenvalue weighted by Crippen LogP contribution is -2.54. The van der Waals surface area contributed by atoms with Crippen LogP contribution in [0.2, 0.25) is 0 Å². The number of H-pyrrole nitrogens is 1. The second-order valence-corrected chi connectivity index (χ2v) is 6.48. The van der Waals surface area contributed by atoms with E-state index in [1.54, 1.807) is 13.2 Å². The number of nitrogens with zero attached hydrogens (tertiary/aromatic N) is 2. The van der Waals surface area contributed by atoms with Crippen LogP contribution in [-0.4, -0.2) is 60.1 Å². The number of amides is 2. The van der Waals surface area contributed by atoms with E-state index < -0.39 is 0 Å².